The van der Waals surface area contributed by atoms with Gasteiger partial charge in [0.05, 0.1) is 22.3 Å². The molecule has 0 radical (unpaired) electrons. The van der Waals surface area contributed by atoms with E-state index >= 15 is 0 Å². The number of anilines is 1. The molecular weight excluding hydrogens is 288 g/mol. The molecule has 0 unspecified atom stereocenters. The maximum atomic E-state index is 4.92. The maximum absolute atomic E-state index is 4.92. The van der Waals surface area contributed by atoms with Crippen molar-refractivity contribution in [2.75, 3.05) is 5.01 Å². The van der Waals surface area contributed by atoms with Crippen LogP contribution in [-0.4, -0.2) is 5.71 Å². The summed E-state index contributed by atoms with van der Waals surface area (Å²) in [6.45, 7) is 0. The molecule has 4 rings (SSSR count). The molecular formula is C19H16N2S. The molecule has 3 heteroatoms. The fraction of sp³-hybridized carbons (Fsp3) is 0.105. The van der Waals surface area contributed by atoms with Crippen LogP contribution in [0.4, 0.5) is 5.69 Å². The molecule has 0 aliphatic carbocycles. The average Bonchev–Trinajstić information content (AvgIpc) is 3.26. The second-order valence-electron chi connectivity index (χ2n) is 5.33. The molecule has 108 valence electrons. The van der Waals surface area contributed by atoms with Crippen molar-refractivity contribution in [2.24, 2.45) is 5.10 Å². The summed E-state index contributed by atoms with van der Waals surface area (Å²) < 4.78 is 0. The number of hydrogen-bond acceptors (Lipinski definition) is 3. The topological polar surface area (TPSA) is 15.6 Å². The van der Waals surface area contributed by atoms with Crippen LogP contribution >= 0.6 is 11.3 Å². The van der Waals surface area contributed by atoms with Crippen LogP contribution in [0.15, 0.2) is 83.3 Å². The van der Waals surface area contributed by atoms with Crippen molar-refractivity contribution in [3.63, 3.8) is 0 Å². The van der Waals surface area contributed by atoms with Gasteiger partial charge in [-0.1, -0.05) is 54.6 Å². The summed E-state index contributed by atoms with van der Waals surface area (Å²) in [4.78, 5) is 1.26. The van der Waals surface area contributed by atoms with Gasteiger partial charge in [0.15, 0.2) is 0 Å². The summed E-state index contributed by atoms with van der Waals surface area (Å²) in [6, 6.07) is 25.6. The van der Waals surface area contributed by atoms with E-state index in [1.807, 2.05) is 6.07 Å². The molecule has 1 aliphatic heterocycles. The van der Waals surface area contributed by atoms with E-state index in [-0.39, 0.29) is 6.04 Å². The number of hydrazone groups is 1. The number of nitrogens with zero attached hydrogens (tertiary/aromatic N) is 2. The van der Waals surface area contributed by atoms with Crippen molar-refractivity contribution < 1.29 is 0 Å². The van der Waals surface area contributed by atoms with Crippen molar-refractivity contribution in [3.05, 3.63) is 88.6 Å². The SMILES string of the molecule is c1ccc([C@H]2CC(c3cccs3)=NN2c2ccccc2)cc1. The summed E-state index contributed by atoms with van der Waals surface area (Å²) in [5.41, 5.74) is 3.62. The zero-order valence-corrected chi connectivity index (χ0v) is 12.9. The van der Waals surface area contributed by atoms with Gasteiger partial charge < -0.3 is 0 Å². The van der Waals surface area contributed by atoms with Crippen LogP contribution in [0.2, 0.25) is 0 Å². The van der Waals surface area contributed by atoms with Crippen LogP contribution in [0, 0.1) is 0 Å². The molecule has 0 saturated heterocycles. The number of benzene rings is 2. The monoisotopic (exact) mass is 304 g/mol. The second kappa shape index (κ2) is 5.78. The molecule has 0 spiro atoms. The van der Waals surface area contributed by atoms with Crippen LogP contribution < -0.4 is 5.01 Å². The largest absolute Gasteiger partial charge is 0.257 e. The summed E-state index contributed by atoms with van der Waals surface area (Å²) in [5, 5.41) is 9.19. The van der Waals surface area contributed by atoms with Gasteiger partial charge in [-0.2, -0.15) is 5.10 Å². The van der Waals surface area contributed by atoms with Crippen LogP contribution in [0.25, 0.3) is 0 Å². The maximum Gasteiger partial charge on any atom is 0.0832 e. The molecule has 2 aromatic carbocycles. The molecule has 22 heavy (non-hydrogen) atoms. The quantitative estimate of drug-likeness (QED) is 0.657. The highest BCUT2D eigenvalue weighted by Gasteiger charge is 2.29. The Morgan fingerprint density at radius 3 is 2.27 bits per heavy atom. The Kier molecular flexibility index (Phi) is 3.49. The number of rotatable bonds is 3. The Balaban J connectivity index is 1.75. The van der Waals surface area contributed by atoms with Gasteiger partial charge in [0.2, 0.25) is 0 Å². The molecule has 2 heterocycles. The van der Waals surface area contributed by atoms with E-state index in [0.717, 1.165) is 12.1 Å². The lowest BCUT2D eigenvalue weighted by Crippen LogP contribution is -2.18. The third-order valence-electron chi connectivity index (χ3n) is 3.92. The lowest BCUT2D eigenvalue weighted by Gasteiger charge is -2.23. The first-order valence-corrected chi connectivity index (χ1v) is 8.30. The molecule has 2 nitrogen and oxygen atoms in total. The first-order chi connectivity index (χ1) is 10.9. The second-order valence-corrected chi connectivity index (χ2v) is 6.28. The molecule has 1 aromatic heterocycles. The number of hydrogen-bond donors (Lipinski definition) is 0. The van der Waals surface area contributed by atoms with Crippen LogP contribution in [0.5, 0.6) is 0 Å². The van der Waals surface area contributed by atoms with E-state index in [1.54, 1.807) is 11.3 Å². The third-order valence-corrected chi connectivity index (χ3v) is 4.84. The van der Waals surface area contributed by atoms with Gasteiger partial charge in [0.1, 0.15) is 0 Å². The Morgan fingerprint density at radius 1 is 0.864 bits per heavy atom. The van der Waals surface area contributed by atoms with Crippen molar-refractivity contribution in [1.29, 1.82) is 0 Å². The summed E-state index contributed by atoms with van der Waals surface area (Å²) >= 11 is 1.76. The highest BCUT2D eigenvalue weighted by atomic mass is 32.1. The van der Waals surface area contributed by atoms with Gasteiger partial charge in [-0.15, -0.1) is 11.3 Å². The molecule has 1 aliphatic rings. The highest BCUT2D eigenvalue weighted by Crippen LogP contribution is 2.37. The Hall–Kier alpha value is -2.39. The van der Waals surface area contributed by atoms with Crippen molar-refractivity contribution in [3.8, 4) is 0 Å². The van der Waals surface area contributed by atoms with Gasteiger partial charge in [0.25, 0.3) is 0 Å². The minimum Gasteiger partial charge on any atom is -0.257 e. The molecule has 0 bridgehead atoms. The van der Waals surface area contributed by atoms with E-state index in [1.165, 1.54) is 16.2 Å². The lowest BCUT2D eigenvalue weighted by atomic mass is 10.0. The zero-order valence-electron chi connectivity index (χ0n) is 12.1. The van der Waals surface area contributed by atoms with E-state index in [2.05, 4.69) is 77.1 Å². The zero-order chi connectivity index (χ0) is 14.8. The Bertz CT molecular complexity index is 764. The van der Waals surface area contributed by atoms with E-state index in [4.69, 9.17) is 5.10 Å². The minimum absolute atomic E-state index is 0.265. The van der Waals surface area contributed by atoms with Gasteiger partial charge in [-0.25, -0.2) is 0 Å². The first-order valence-electron chi connectivity index (χ1n) is 7.42. The predicted molar refractivity (Wildman–Crippen MR) is 93.6 cm³/mol. The third kappa shape index (κ3) is 2.44. The van der Waals surface area contributed by atoms with E-state index in [9.17, 15) is 0 Å². The average molecular weight is 304 g/mol. The molecule has 0 saturated carbocycles. The molecule has 0 N–H and O–H groups in total. The van der Waals surface area contributed by atoms with Crippen molar-refractivity contribution in [2.45, 2.75) is 12.5 Å². The smallest absolute Gasteiger partial charge is 0.0832 e. The van der Waals surface area contributed by atoms with Gasteiger partial charge in [-0.3, -0.25) is 5.01 Å². The van der Waals surface area contributed by atoms with Gasteiger partial charge in [-0.05, 0) is 29.1 Å². The molecule has 1 atom stereocenters. The van der Waals surface area contributed by atoms with E-state index < -0.39 is 0 Å². The van der Waals surface area contributed by atoms with E-state index in [0.29, 0.717) is 0 Å². The van der Waals surface area contributed by atoms with Gasteiger partial charge >= 0.3 is 0 Å². The van der Waals surface area contributed by atoms with Crippen LogP contribution in [-0.2, 0) is 0 Å². The summed E-state index contributed by atoms with van der Waals surface area (Å²) in [7, 11) is 0. The Morgan fingerprint density at radius 2 is 1.59 bits per heavy atom. The molecule has 0 amide bonds. The summed E-state index contributed by atoms with van der Waals surface area (Å²) in [6.07, 6.45) is 0.944. The lowest BCUT2D eigenvalue weighted by molar-refractivity contribution is 0.709. The predicted octanol–water partition coefficient (Wildman–Crippen LogP) is 5.10. The first kappa shape index (κ1) is 13.3. The number of thiophene rings is 1. The molecule has 0 fully saturated rings. The minimum atomic E-state index is 0.265. The standard InChI is InChI=1S/C19H16N2S/c1-3-8-15(9-4-1)18-14-17(19-12-7-13-22-19)20-21(18)16-10-5-2-6-11-16/h1-13,18H,14H2/t18-/m1/s1. The Labute approximate surface area is 134 Å². The summed E-state index contributed by atoms with van der Waals surface area (Å²) in [5.74, 6) is 0. The number of para-hydroxylation sites is 1. The van der Waals surface area contributed by atoms with Crippen LogP contribution in [0.3, 0.4) is 0 Å². The normalized spacial score (nSPS) is 17.5. The van der Waals surface area contributed by atoms with Crippen LogP contribution in [0.1, 0.15) is 22.9 Å². The van der Waals surface area contributed by atoms with Crippen molar-refractivity contribution in [1.82, 2.24) is 0 Å². The van der Waals surface area contributed by atoms with Gasteiger partial charge in [0, 0.05) is 6.42 Å². The van der Waals surface area contributed by atoms with Crippen molar-refractivity contribution >= 4 is 22.7 Å². The highest BCUT2D eigenvalue weighted by molar-refractivity contribution is 7.12. The fourth-order valence-electron chi connectivity index (χ4n) is 2.86. The fourth-order valence-corrected chi connectivity index (χ4v) is 3.58. The molecule has 3 aromatic rings.